The van der Waals surface area contributed by atoms with E-state index in [0.717, 1.165) is 30.6 Å². The van der Waals surface area contributed by atoms with Gasteiger partial charge in [0, 0.05) is 6.04 Å². The molecule has 1 heterocycles. The number of alkyl halides is 2. The number of ether oxygens (including phenoxy) is 1. The standard InChI is InChI=1S/C20H25F2N3O4/c1-12-5-3-4-6-15(12)23-16(26)11-25-17(27)20(2,24-19(25)28)13-7-9-14(10-8-13)29-18(21)22/h7-10,12,15,18H,3-6,11H2,1-2H3,(H,23,26)(H,24,28)/t12-,15+,20+/m0/s1. The molecule has 0 spiro atoms. The van der Waals surface area contributed by atoms with Crippen LogP contribution in [0, 0.1) is 5.92 Å². The first kappa shape index (κ1) is 21.0. The van der Waals surface area contributed by atoms with Gasteiger partial charge in [-0.1, -0.05) is 31.9 Å². The number of halogens is 2. The quantitative estimate of drug-likeness (QED) is 0.708. The first-order chi connectivity index (χ1) is 13.7. The van der Waals surface area contributed by atoms with Gasteiger partial charge in [-0.05, 0) is 43.4 Å². The van der Waals surface area contributed by atoms with E-state index in [-0.39, 0.29) is 24.2 Å². The lowest BCUT2D eigenvalue weighted by atomic mass is 9.86. The van der Waals surface area contributed by atoms with Gasteiger partial charge >= 0.3 is 12.6 Å². The molecule has 1 saturated carbocycles. The molecule has 9 heteroatoms. The van der Waals surface area contributed by atoms with E-state index in [2.05, 4.69) is 22.3 Å². The average Bonchev–Trinajstić information content (AvgIpc) is 2.88. The minimum absolute atomic E-state index is 0.0470. The summed E-state index contributed by atoms with van der Waals surface area (Å²) >= 11 is 0. The number of carbonyl (C=O) groups is 3. The van der Waals surface area contributed by atoms with Gasteiger partial charge in [-0.25, -0.2) is 4.79 Å². The Kier molecular flexibility index (Phi) is 6.04. The van der Waals surface area contributed by atoms with Gasteiger partial charge in [-0.15, -0.1) is 0 Å². The highest BCUT2D eigenvalue weighted by atomic mass is 19.3. The second-order valence-corrected chi connectivity index (χ2v) is 7.79. The number of rotatable bonds is 6. The van der Waals surface area contributed by atoms with Crippen molar-refractivity contribution >= 4 is 17.8 Å². The van der Waals surface area contributed by atoms with Crippen molar-refractivity contribution in [2.45, 2.75) is 57.7 Å². The third-order valence-electron chi connectivity index (χ3n) is 5.69. The minimum atomic E-state index is -2.95. The fourth-order valence-corrected chi connectivity index (χ4v) is 3.93. The van der Waals surface area contributed by atoms with Crippen molar-refractivity contribution in [3.63, 3.8) is 0 Å². The minimum Gasteiger partial charge on any atom is -0.435 e. The number of imide groups is 1. The van der Waals surface area contributed by atoms with Crippen LogP contribution in [0.5, 0.6) is 5.75 Å². The zero-order valence-electron chi connectivity index (χ0n) is 16.4. The van der Waals surface area contributed by atoms with Crippen LogP contribution in [0.1, 0.15) is 45.1 Å². The predicted octanol–water partition coefficient (Wildman–Crippen LogP) is 2.75. The highest BCUT2D eigenvalue weighted by molar-refractivity contribution is 6.09. The van der Waals surface area contributed by atoms with E-state index >= 15 is 0 Å². The van der Waals surface area contributed by atoms with Crippen LogP contribution in [-0.2, 0) is 15.1 Å². The maximum absolute atomic E-state index is 12.9. The molecule has 2 N–H and O–H groups in total. The van der Waals surface area contributed by atoms with Crippen LogP contribution in [0.2, 0.25) is 0 Å². The molecule has 0 radical (unpaired) electrons. The van der Waals surface area contributed by atoms with E-state index in [4.69, 9.17) is 0 Å². The maximum atomic E-state index is 12.9. The van der Waals surface area contributed by atoms with Crippen molar-refractivity contribution in [3.8, 4) is 5.75 Å². The first-order valence-corrected chi connectivity index (χ1v) is 9.69. The Morgan fingerprint density at radius 1 is 1.28 bits per heavy atom. The van der Waals surface area contributed by atoms with E-state index in [0.29, 0.717) is 11.5 Å². The average molecular weight is 409 g/mol. The van der Waals surface area contributed by atoms with E-state index in [1.165, 1.54) is 31.2 Å². The summed E-state index contributed by atoms with van der Waals surface area (Å²) in [5, 5.41) is 5.52. The van der Waals surface area contributed by atoms with E-state index in [9.17, 15) is 23.2 Å². The largest absolute Gasteiger partial charge is 0.435 e. The smallest absolute Gasteiger partial charge is 0.387 e. The molecule has 1 aliphatic carbocycles. The molecule has 158 valence electrons. The highest BCUT2D eigenvalue weighted by Gasteiger charge is 2.49. The number of benzene rings is 1. The Labute approximate surface area is 167 Å². The Bertz CT molecular complexity index is 786. The number of carbonyl (C=O) groups excluding carboxylic acids is 3. The Morgan fingerprint density at radius 3 is 2.55 bits per heavy atom. The molecule has 0 bridgehead atoms. The SMILES string of the molecule is C[C@H]1CCCC[C@H]1NC(=O)CN1C(=O)N[C@](C)(c2ccc(OC(F)F)cc2)C1=O. The summed E-state index contributed by atoms with van der Waals surface area (Å²) < 4.78 is 28.9. The molecule has 1 saturated heterocycles. The molecule has 3 rings (SSSR count). The molecular formula is C20H25F2N3O4. The van der Waals surface area contributed by atoms with Crippen LogP contribution in [0.15, 0.2) is 24.3 Å². The van der Waals surface area contributed by atoms with E-state index < -0.39 is 24.1 Å². The molecule has 0 aromatic heterocycles. The summed E-state index contributed by atoms with van der Waals surface area (Å²) in [6, 6.07) is 4.84. The van der Waals surface area contributed by atoms with Crippen LogP contribution in [0.25, 0.3) is 0 Å². The van der Waals surface area contributed by atoms with Gasteiger partial charge < -0.3 is 15.4 Å². The Morgan fingerprint density at radius 2 is 1.93 bits per heavy atom. The lowest BCUT2D eigenvalue weighted by Gasteiger charge is -2.30. The zero-order valence-corrected chi connectivity index (χ0v) is 16.4. The highest BCUT2D eigenvalue weighted by Crippen LogP contribution is 2.30. The topological polar surface area (TPSA) is 87.7 Å². The van der Waals surface area contributed by atoms with Crippen LogP contribution in [0.4, 0.5) is 13.6 Å². The van der Waals surface area contributed by atoms with Gasteiger partial charge in [-0.2, -0.15) is 8.78 Å². The summed E-state index contributed by atoms with van der Waals surface area (Å²) in [4.78, 5) is 38.6. The number of hydrogen-bond donors (Lipinski definition) is 2. The Balaban J connectivity index is 1.67. The molecule has 0 unspecified atom stereocenters. The van der Waals surface area contributed by atoms with Crippen molar-refractivity contribution in [1.82, 2.24) is 15.5 Å². The summed E-state index contributed by atoms with van der Waals surface area (Å²) in [5.74, 6) is -0.647. The summed E-state index contributed by atoms with van der Waals surface area (Å²) in [7, 11) is 0. The van der Waals surface area contributed by atoms with Gasteiger partial charge in [0.05, 0.1) is 0 Å². The van der Waals surface area contributed by atoms with Gasteiger partial charge in [0.25, 0.3) is 5.91 Å². The summed E-state index contributed by atoms with van der Waals surface area (Å²) in [5.41, 5.74) is -0.986. The third-order valence-corrected chi connectivity index (χ3v) is 5.69. The fourth-order valence-electron chi connectivity index (χ4n) is 3.93. The van der Waals surface area contributed by atoms with E-state index in [1.807, 2.05) is 0 Å². The number of hydrogen-bond acceptors (Lipinski definition) is 4. The molecule has 3 atom stereocenters. The number of nitrogens with zero attached hydrogens (tertiary/aromatic N) is 1. The normalized spacial score (nSPS) is 27.1. The second-order valence-electron chi connectivity index (χ2n) is 7.79. The summed E-state index contributed by atoms with van der Waals surface area (Å²) in [6.45, 7) is 0.272. The number of urea groups is 1. The first-order valence-electron chi connectivity index (χ1n) is 9.69. The predicted molar refractivity (Wildman–Crippen MR) is 100 cm³/mol. The fraction of sp³-hybridized carbons (Fsp3) is 0.550. The van der Waals surface area contributed by atoms with Crippen molar-refractivity contribution in [3.05, 3.63) is 29.8 Å². The van der Waals surface area contributed by atoms with Gasteiger partial charge in [0.15, 0.2) is 0 Å². The maximum Gasteiger partial charge on any atom is 0.387 e. The van der Waals surface area contributed by atoms with Crippen LogP contribution in [-0.4, -0.2) is 41.9 Å². The van der Waals surface area contributed by atoms with Crippen LogP contribution in [0.3, 0.4) is 0 Å². The van der Waals surface area contributed by atoms with Crippen molar-refractivity contribution < 1.29 is 27.9 Å². The molecule has 7 nitrogen and oxygen atoms in total. The van der Waals surface area contributed by atoms with Crippen molar-refractivity contribution in [2.75, 3.05) is 6.54 Å². The van der Waals surface area contributed by atoms with Gasteiger partial charge in [0.1, 0.15) is 17.8 Å². The van der Waals surface area contributed by atoms with Crippen LogP contribution >= 0.6 is 0 Å². The van der Waals surface area contributed by atoms with E-state index in [1.54, 1.807) is 0 Å². The lowest BCUT2D eigenvalue weighted by Crippen LogP contribution is -2.47. The molecule has 1 aliphatic heterocycles. The van der Waals surface area contributed by atoms with Crippen LogP contribution < -0.4 is 15.4 Å². The molecule has 4 amide bonds. The molecule has 2 fully saturated rings. The monoisotopic (exact) mass is 409 g/mol. The number of amides is 4. The number of nitrogens with one attached hydrogen (secondary N) is 2. The zero-order chi connectivity index (χ0) is 21.2. The van der Waals surface area contributed by atoms with Crippen molar-refractivity contribution in [1.29, 1.82) is 0 Å². The molecule has 1 aromatic rings. The molecule has 2 aliphatic rings. The summed E-state index contributed by atoms with van der Waals surface area (Å²) in [6.07, 6.45) is 4.11. The van der Waals surface area contributed by atoms with Crippen molar-refractivity contribution in [2.24, 2.45) is 5.92 Å². The Hall–Kier alpha value is -2.71. The van der Waals surface area contributed by atoms with Gasteiger partial charge in [-0.3, -0.25) is 14.5 Å². The third kappa shape index (κ3) is 4.49. The second kappa shape index (κ2) is 8.34. The molecule has 1 aromatic carbocycles. The molecule has 29 heavy (non-hydrogen) atoms. The molecular weight excluding hydrogens is 384 g/mol. The lowest BCUT2D eigenvalue weighted by molar-refractivity contribution is -0.135. The van der Waals surface area contributed by atoms with Gasteiger partial charge in [0.2, 0.25) is 5.91 Å².